The second-order valence-corrected chi connectivity index (χ2v) is 14.9. The minimum atomic E-state index is -1.84. The molecule has 3 saturated heterocycles. The number of cyclic esters (lactones) is 1. The molecule has 4 heterocycles. The van der Waals surface area contributed by atoms with Gasteiger partial charge in [-0.1, -0.05) is 26.8 Å². The number of fused-ring (bicyclic) bond motifs is 1. The van der Waals surface area contributed by atoms with Crippen LogP contribution >= 0.6 is 0 Å². The number of esters is 1. The van der Waals surface area contributed by atoms with E-state index in [2.05, 4.69) is 0 Å². The Bertz CT molecular complexity index is 1150. The van der Waals surface area contributed by atoms with Crippen molar-refractivity contribution in [3.05, 3.63) is 12.2 Å². The topological polar surface area (TPSA) is 192 Å². The highest BCUT2D eigenvalue weighted by atomic mass is 16.7. The molecule has 0 saturated carbocycles. The summed E-state index contributed by atoms with van der Waals surface area (Å²) < 4.78 is 47.4. The Balaban J connectivity index is 1.53. The predicted molar refractivity (Wildman–Crippen MR) is 178 cm³/mol. The zero-order valence-corrected chi connectivity index (χ0v) is 30.9. The van der Waals surface area contributed by atoms with Gasteiger partial charge in [-0.05, 0) is 46.5 Å². The van der Waals surface area contributed by atoms with Crippen LogP contribution < -0.4 is 0 Å². The summed E-state index contributed by atoms with van der Waals surface area (Å²) >= 11 is 0. The van der Waals surface area contributed by atoms with Crippen molar-refractivity contribution < 1.29 is 67.9 Å². The van der Waals surface area contributed by atoms with Gasteiger partial charge in [0, 0.05) is 50.9 Å². The normalized spacial score (nSPS) is 47.9. The van der Waals surface area contributed by atoms with E-state index in [-0.39, 0.29) is 42.9 Å². The molecular formula is C36H60O14. The van der Waals surface area contributed by atoms with Crippen LogP contribution in [-0.4, -0.2) is 138 Å². The van der Waals surface area contributed by atoms with Crippen LogP contribution in [0.25, 0.3) is 0 Å². The van der Waals surface area contributed by atoms with E-state index in [1.165, 1.54) is 27.2 Å². The number of aliphatic hydroxyl groups excluding tert-OH is 3. The molecule has 4 aliphatic rings. The lowest BCUT2D eigenvalue weighted by atomic mass is 9.82. The second-order valence-electron chi connectivity index (χ2n) is 14.9. The fourth-order valence-corrected chi connectivity index (χ4v) is 7.74. The zero-order valence-electron chi connectivity index (χ0n) is 30.9. The Kier molecular flexibility index (Phi) is 14.4. The Labute approximate surface area is 295 Å². The van der Waals surface area contributed by atoms with Gasteiger partial charge in [-0.15, -0.1) is 0 Å². The van der Waals surface area contributed by atoms with Crippen LogP contribution in [0.1, 0.15) is 74.1 Å². The third kappa shape index (κ3) is 9.51. The van der Waals surface area contributed by atoms with Crippen LogP contribution in [0.2, 0.25) is 0 Å². The molecule has 18 atom stereocenters. The van der Waals surface area contributed by atoms with Gasteiger partial charge in [0.25, 0.3) is 0 Å². The van der Waals surface area contributed by atoms with E-state index in [9.17, 15) is 30.0 Å². The van der Waals surface area contributed by atoms with Crippen molar-refractivity contribution in [2.24, 2.45) is 23.7 Å². The summed E-state index contributed by atoms with van der Waals surface area (Å²) in [6.07, 6.45) is -5.87. The number of epoxide rings is 1. The maximum Gasteiger partial charge on any atom is 0.330 e. The molecule has 4 rings (SSSR count). The van der Waals surface area contributed by atoms with Crippen LogP contribution in [-0.2, 0) is 47.5 Å². The molecule has 4 N–H and O–H groups in total. The molecule has 0 unspecified atom stereocenters. The Morgan fingerprint density at radius 3 is 2.26 bits per heavy atom. The SMILES string of the molecule is CO[C@@H]1[C@H](O)[C@@H](C)O[C@@H](OC[C@H]2[C@@H]3O[C@H]3CCC(=O)[C@H](C)C[C@H](C)[C@H](O[C@@H]3O[C@H](C)C[C@](O)([C@H](C)O)[C@H]3O)[C@@H](C)/C=C\C(=O)O[C@@H]2C)[C@@H]1OC. The number of Topliss-reactive ketones (excluding diaryl/α,β-unsaturated/α-hetero) is 1. The molecule has 0 radical (unpaired) electrons. The van der Waals surface area contributed by atoms with Gasteiger partial charge in [-0.2, -0.15) is 0 Å². The number of carbonyl (C=O) groups is 2. The fourth-order valence-electron chi connectivity index (χ4n) is 7.74. The van der Waals surface area contributed by atoms with E-state index < -0.39 is 90.9 Å². The van der Waals surface area contributed by atoms with Crippen LogP contribution in [0, 0.1) is 23.7 Å². The number of hydrogen-bond acceptors (Lipinski definition) is 14. The summed E-state index contributed by atoms with van der Waals surface area (Å²) in [6.45, 7) is 12.4. The third-order valence-corrected chi connectivity index (χ3v) is 11.0. The third-order valence-electron chi connectivity index (χ3n) is 11.0. The number of aliphatic hydroxyl groups is 4. The summed E-state index contributed by atoms with van der Waals surface area (Å²) in [5, 5.41) is 43.0. The molecule has 14 nitrogen and oxygen atoms in total. The first-order chi connectivity index (χ1) is 23.5. The van der Waals surface area contributed by atoms with Crippen LogP contribution in [0.3, 0.4) is 0 Å². The van der Waals surface area contributed by atoms with Gasteiger partial charge in [0.1, 0.15) is 41.9 Å². The van der Waals surface area contributed by atoms with Crippen molar-refractivity contribution in [3.8, 4) is 0 Å². The highest BCUT2D eigenvalue weighted by molar-refractivity contribution is 5.82. The molecular weight excluding hydrogens is 656 g/mol. The fraction of sp³-hybridized carbons (Fsp3) is 0.889. The number of methoxy groups -OCH3 is 2. The maximum absolute atomic E-state index is 13.4. The maximum atomic E-state index is 13.4. The van der Waals surface area contributed by atoms with Gasteiger partial charge >= 0.3 is 5.97 Å². The van der Waals surface area contributed by atoms with Crippen LogP contribution in [0.5, 0.6) is 0 Å². The largest absolute Gasteiger partial charge is 0.459 e. The first-order valence-electron chi connectivity index (χ1n) is 18.0. The first-order valence-corrected chi connectivity index (χ1v) is 18.0. The molecule has 0 aromatic rings. The molecule has 0 spiro atoms. The quantitative estimate of drug-likeness (QED) is 0.209. The number of hydrogen-bond donors (Lipinski definition) is 4. The van der Waals surface area contributed by atoms with Crippen molar-refractivity contribution in [2.45, 2.75) is 159 Å². The zero-order chi connectivity index (χ0) is 37.1. The van der Waals surface area contributed by atoms with E-state index in [0.717, 1.165) is 0 Å². The monoisotopic (exact) mass is 716 g/mol. The van der Waals surface area contributed by atoms with Crippen molar-refractivity contribution in [1.29, 1.82) is 0 Å². The van der Waals surface area contributed by atoms with E-state index in [1.54, 1.807) is 26.8 Å². The second kappa shape index (κ2) is 17.5. The predicted octanol–water partition coefficient (Wildman–Crippen LogP) is 1.66. The lowest BCUT2D eigenvalue weighted by Crippen LogP contribution is -2.63. The van der Waals surface area contributed by atoms with E-state index in [4.69, 9.17) is 37.9 Å². The van der Waals surface area contributed by atoms with E-state index in [0.29, 0.717) is 19.3 Å². The van der Waals surface area contributed by atoms with Crippen molar-refractivity contribution in [1.82, 2.24) is 0 Å². The number of ketones is 1. The Morgan fingerprint density at radius 2 is 1.62 bits per heavy atom. The van der Waals surface area contributed by atoms with Crippen LogP contribution in [0.15, 0.2) is 12.2 Å². The van der Waals surface area contributed by atoms with Gasteiger partial charge in [-0.3, -0.25) is 4.79 Å². The number of ether oxygens (including phenoxy) is 8. The molecule has 4 aliphatic heterocycles. The number of rotatable bonds is 8. The molecule has 50 heavy (non-hydrogen) atoms. The average molecular weight is 717 g/mol. The van der Waals surface area contributed by atoms with E-state index >= 15 is 0 Å². The highest BCUT2D eigenvalue weighted by Gasteiger charge is 2.52. The highest BCUT2D eigenvalue weighted by Crippen LogP contribution is 2.39. The summed E-state index contributed by atoms with van der Waals surface area (Å²) in [6, 6.07) is 0. The molecule has 0 bridgehead atoms. The minimum Gasteiger partial charge on any atom is -0.459 e. The summed E-state index contributed by atoms with van der Waals surface area (Å²) in [4.78, 5) is 26.6. The Morgan fingerprint density at radius 1 is 0.940 bits per heavy atom. The average Bonchev–Trinajstić information content (AvgIpc) is 3.83. The smallest absolute Gasteiger partial charge is 0.330 e. The molecule has 14 heteroatoms. The molecule has 0 aliphatic carbocycles. The standard InChI is InChI=1S/C36H60O14/c1-17-10-13-27(39)47-21(5)24(16-45-34-32(44-9)31(43-8)28(40)22(6)48-34)30-26(49-30)12-11-25(38)18(2)14-19(3)29(17)50-35-33(41)36(42,23(7)37)15-20(4)46-35/h10,13,17-24,26,28-35,37,40-42H,11-12,14-16H2,1-9H3/b13-10-/t17-,18+,19-,20+,21+,22+,23-,24+,26-,28+,29+,30-,31+,32+,33-,34+,35-,36-/m0/s1. The molecule has 0 aromatic carbocycles. The lowest BCUT2D eigenvalue weighted by molar-refractivity contribution is -0.322. The van der Waals surface area contributed by atoms with Crippen molar-refractivity contribution in [3.63, 3.8) is 0 Å². The molecule has 0 aromatic heterocycles. The van der Waals surface area contributed by atoms with Gasteiger partial charge in [0.05, 0.1) is 43.2 Å². The number of carbonyl (C=O) groups excluding carboxylic acids is 2. The van der Waals surface area contributed by atoms with Crippen molar-refractivity contribution >= 4 is 11.8 Å². The van der Waals surface area contributed by atoms with Gasteiger partial charge < -0.3 is 58.3 Å². The van der Waals surface area contributed by atoms with Gasteiger partial charge in [0.2, 0.25) is 0 Å². The lowest BCUT2D eigenvalue weighted by Gasteiger charge is -2.47. The van der Waals surface area contributed by atoms with E-state index in [1.807, 2.05) is 20.8 Å². The minimum absolute atomic E-state index is 0.0189. The van der Waals surface area contributed by atoms with Crippen LogP contribution in [0.4, 0.5) is 0 Å². The molecule has 0 amide bonds. The first kappa shape index (κ1) is 41.2. The molecule has 288 valence electrons. The summed E-state index contributed by atoms with van der Waals surface area (Å²) in [7, 11) is 2.97. The van der Waals surface area contributed by atoms with Gasteiger partial charge in [0.15, 0.2) is 12.6 Å². The summed E-state index contributed by atoms with van der Waals surface area (Å²) in [5.41, 5.74) is -1.84. The van der Waals surface area contributed by atoms with Crippen molar-refractivity contribution in [2.75, 3.05) is 20.8 Å². The Hall–Kier alpha value is -1.56. The molecule has 3 fully saturated rings. The summed E-state index contributed by atoms with van der Waals surface area (Å²) in [5.74, 6) is -1.86. The van der Waals surface area contributed by atoms with Gasteiger partial charge in [-0.25, -0.2) is 4.79 Å².